The van der Waals surface area contributed by atoms with Gasteiger partial charge in [0.15, 0.2) is 11.5 Å². The van der Waals surface area contributed by atoms with Crippen molar-refractivity contribution in [2.24, 2.45) is 0 Å². The summed E-state index contributed by atoms with van der Waals surface area (Å²) in [5.41, 5.74) is 8.79. The first-order valence-electron chi connectivity index (χ1n) is 16.3. The number of nitrogens with two attached hydrogens (primary N) is 1. The second kappa shape index (κ2) is 14.9. The fourth-order valence-corrected chi connectivity index (χ4v) is 6.25. The molecule has 12 heteroatoms. The van der Waals surface area contributed by atoms with Gasteiger partial charge in [0, 0.05) is 48.7 Å². The number of esters is 1. The lowest BCUT2D eigenvalue weighted by molar-refractivity contribution is 0.0590. The summed E-state index contributed by atoms with van der Waals surface area (Å²) in [6.45, 7) is 3.29. The molecule has 1 amide bonds. The van der Waals surface area contributed by atoms with Gasteiger partial charge >= 0.3 is 5.97 Å². The monoisotopic (exact) mass is 692 g/mol. The number of benzene rings is 4. The maximum absolute atomic E-state index is 14.4. The number of likely N-dealkylation sites (N-methyl/N-ethyl adjacent to an activating group) is 1. The molecule has 0 atom stereocenters. The summed E-state index contributed by atoms with van der Waals surface area (Å²) in [6, 6.07) is 22.5. The first-order chi connectivity index (χ1) is 24.7. The zero-order valence-corrected chi connectivity index (χ0v) is 29.2. The van der Waals surface area contributed by atoms with Gasteiger partial charge in [0.1, 0.15) is 18.1 Å². The highest BCUT2D eigenvalue weighted by Crippen LogP contribution is 2.44. The Bertz CT molecular complexity index is 2110. The molecule has 0 radical (unpaired) electrons. The molecule has 0 bridgehead atoms. The highest BCUT2D eigenvalue weighted by atomic mass is 16.5. The molecule has 4 aromatic carbocycles. The molecule has 2 N–H and O–H groups in total. The molecule has 1 aromatic heterocycles. The number of fused-ring (bicyclic) bond motifs is 1. The third kappa shape index (κ3) is 6.90. The minimum Gasteiger partial charge on any atom is -0.493 e. The van der Waals surface area contributed by atoms with Gasteiger partial charge in [-0.1, -0.05) is 12.1 Å². The summed E-state index contributed by atoms with van der Waals surface area (Å²) in [5, 5.41) is 0.759. The number of aromatic nitrogens is 1. The molecule has 2 heterocycles. The van der Waals surface area contributed by atoms with Crippen LogP contribution < -0.4 is 30.2 Å². The van der Waals surface area contributed by atoms with E-state index in [4.69, 9.17) is 29.4 Å². The Balaban J connectivity index is 1.44. The number of hydrogen-bond acceptors (Lipinski definition) is 10. The van der Waals surface area contributed by atoms with E-state index in [0.717, 1.165) is 18.7 Å². The summed E-state index contributed by atoms with van der Waals surface area (Å²) >= 11 is 0. The van der Waals surface area contributed by atoms with Gasteiger partial charge in [-0.05, 0) is 90.3 Å². The number of pyridine rings is 1. The van der Waals surface area contributed by atoms with Crippen LogP contribution in [0.4, 0.5) is 5.69 Å². The number of ether oxygens (including phenoxy) is 5. The molecule has 0 aliphatic carbocycles. The average Bonchev–Trinajstić information content (AvgIpc) is 3.16. The number of methoxy groups -OCH3 is 4. The standard InChI is InChI=1S/C39H40N4O8/c1-41-16-18-42(19-17-41)37(44)25-8-6-24(7-9-25)23-51-29-14-15-30-31(22-29)38(45)43(28-12-10-27(40)11-13-28)35(39(46)50-5)34(30)26-20-32(47-2)36(49-4)33(21-26)48-3/h6-15,20-22H,16-19,23,40H2,1-5H3. The van der Waals surface area contributed by atoms with Crippen LogP contribution in [0.15, 0.2) is 83.7 Å². The molecule has 1 fully saturated rings. The van der Waals surface area contributed by atoms with E-state index in [0.29, 0.717) is 69.5 Å². The van der Waals surface area contributed by atoms with Crippen molar-refractivity contribution < 1.29 is 33.3 Å². The first kappa shape index (κ1) is 34.8. The smallest absolute Gasteiger partial charge is 0.355 e. The molecule has 0 spiro atoms. The van der Waals surface area contributed by atoms with Crippen LogP contribution in [0.5, 0.6) is 23.0 Å². The van der Waals surface area contributed by atoms with E-state index >= 15 is 0 Å². The second-order valence-corrected chi connectivity index (χ2v) is 12.1. The molecule has 1 saturated heterocycles. The van der Waals surface area contributed by atoms with Crippen molar-refractivity contribution in [3.63, 3.8) is 0 Å². The zero-order chi connectivity index (χ0) is 36.2. The molecule has 1 aliphatic heterocycles. The predicted octanol–water partition coefficient (Wildman–Crippen LogP) is 5.02. The Hall–Kier alpha value is -6.01. The third-order valence-electron chi connectivity index (χ3n) is 9.03. The molecule has 5 aromatic rings. The number of piperazine rings is 1. The number of amides is 1. The number of nitrogens with zero attached hydrogens (tertiary/aromatic N) is 3. The van der Waals surface area contributed by atoms with E-state index in [-0.39, 0.29) is 23.6 Å². The van der Waals surface area contributed by atoms with Crippen LogP contribution in [-0.4, -0.2) is 87.9 Å². The van der Waals surface area contributed by atoms with Gasteiger partial charge in [-0.3, -0.25) is 14.2 Å². The van der Waals surface area contributed by atoms with E-state index in [1.54, 1.807) is 54.6 Å². The quantitative estimate of drug-likeness (QED) is 0.157. The molecule has 0 unspecified atom stereocenters. The van der Waals surface area contributed by atoms with Gasteiger partial charge in [-0.2, -0.15) is 0 Å². The Morgan fingerprint density at radius 2 is 1.41 bits per heavy atom. The van der Waals surface area contributed by atoms with Crippen molar-refractivity contribution in [1.29, 1.82) is 0 Å². The average molecular weight is 693 g/mol. The van der Waals surface area contributed by atoms with Crippen LogP contribution in [0.25, 0.3) is 27.6 Å². The summed E-state index contributed by atoms with van der Waals surface area (Å²) < 4.78 is 29.6. The molecule has 264 valence electrons. The van der Waals surface area contributed by atoms with E-state index in [2.05, 4.69) is 11.9 Å². The van der Waals surface area contributed by atoms with Crippen LogP contribution in [0, 0.1) is 0 Å². The first-order valence-corrected chi connectivity index (χ1v) is 16.3. The lowest BCUT2D eigenvalue weighted by Crippen LogP contribution is -2.47. The molecule has 6 rings (SSSR count). The van der Waals surface area contributed by atoms with Crippen molar-refractivity contribution in [1.82, 2.24) is 14.4 Å². The van der Waals surface area contributed by atoms with E-state index in [9.17, 15) is 14.4 Å². The molecule has 0 saturated carbocycles. The summed E-state index contributed by atoms with van der Waals surface area (Å²) in [4.78, 5) is 45.2. The van der Waals surface area contributed by atoms with Crippen LogP contribution >= 0.6 is 0 Å². The minimum absolute atomic E-state index is 0.00563. The topological polar surface area (TPSA) is 135 Å². The molecular weight excluding hydrogens is 652 g/mol. The third-order valence-corrected chi connectivity index (χ3v) is 9.03. The van der Waals surface area contributed by atoms with E-state index < -0.39 is 11.5 Å². The van der Waals surface area contributed by atoms with Crippen molar-refractivity contribution in [2.45, 2.75) is 6.61 Å². The highest BCUT2D eigenvalue weighted by Gasteiger charge is 2.27. The number of carbonyl (C=O) groups excluding carboxylic acids is 2. The summed E-state index contributed by atoms with van der Waals surface area (Å²) in [5.74, 6) is 0.797. The van der Waals surface area contributed by atoms with Crippen molar-refractivity contribution in [3.8, 4) is 39.8 Å². The molecular formula is C39H40N4O8. The lowest BCUT2D eigenvalue weighted by Gasteiger charge is -2.32. The summed E-state index contributed by atoms with van der Waals surface area (Å²) in [6.07, 6.45) is 0. The maximum Gasteiger partial charge on any atom is 0.355 e. The fraction of sp³-hybridized carbons (Fsp3) is 0.256. The predicted molar refractivity (Wildman–Crippen MR) is 195 cm³/mol. The van der Waals surface area contributed by atoms with Gasteiger partial charge in [-0.15, -0.1) is 0 Å². The zero-order valence-electron chi connectivity index (χ0n) is 29.2. The largest absolute Gasteiger partial charge is 0.493 e. The number of anilines is 1. The highest BCUT2D eigenvalue weighted by molar-refractivity contribution is 6.08. The minimum atomic E-state index is -0.732. The number of carbonyl (C=O) groups is 2. The van der Waals surface area contributed by atoms with Gasteiger partial charge in [-0.25, -0.2) is 4.79 Å². The van der Waals surface area contributed by atoms with Gasteiger partial charge in [0.25, 0.3) is 11.5 Å². The Labute approximate surface area is 295 Å². The van der Waals surface area contributed by atoms with Crippen LogP contribution in [0.2, 0.25) is 0 Å². The Morgan fingerprint density at radius 1 is 0.765 bits per heavy atom. The Kier molecular flexibility index (Phi) is 10.1. The molecule has 1 aliphatic rings. The van der Waals surface area contributed by atoms with E-state index in [1.165, 1.54) is 33.0 Å². The summed E-state index contributed by atoms with van der Waals surface area (Å²) in [7, 11) is 7.81. The van der Waals surface area contributed by atoms with E-state index in [1.807, 2.05) is 29.2 Å². The number of nitrogen functional groups attached to an aromatic ring is 1. The van der Waals surface area contributed by atoms with Gasteiger partial charge in [0.2, 0.25) is 5.75 Å². The lowest BCUT2D eigenvalue weighted by atomic mass is 9.95. The second-order valence-electron chi connectivity index (χ2n) is 12.1. The number of hydrogen-bond donors (Lipinski definition) is 1. The van der Waals surface area contributed by atoms with Crippen molar-refractivity contribution in [2.75, 3.05) is 67.4 Å². The normalized spacial score (nSPS) is 13.2. The van der Waals surface area contributed by atoms with Crippen LogP contribution in [0.3, 0.4) is 0 Å². The molecule has 12 nitrogen and oxygen atoms in total. The number of rotatable bonds is 10. The van der Waals surface area contributed by atoms with Gasteiger partial charge < -0.3 is 39.2 Å². The SMILES string of the molecule is COC(=O)c1c(-c2cc(OC)c(OC)c(OC)c2)c2ccc(OCc3ccc(C(=O)N4CCN(C)CC4)cc3)cc2c(=O)n1-c1ccc(N)cc1. The maximum atomic E-state index is 14.4. The van der Waals surface area contributed by atoms with Gasteiger partial charge in [0.05, 0.1) is 33.8 Å². The molecule has 51 heavy (non-hydrogen) atoms. The fourth-order valence-electron chi connectivity index (χ4n) is 6.25. The van der Waals surface area contributed by atoms with Crippen molar-refractivity contribution in [3.05, 3.63) is 106 Å². The van der Waals surface area contributed by atoms with Crippen molar-refractivity contribution >= 4 is 28.3 Å². The van der Waals surface area contributed by atoms with Crippen LogP contribution in [-0.2, 0) is 11.3 Å². The van der Waals surface area contributed by atoms with Crippen LogP contribution in [0.1, 0.15) is 26.4 Å². The Morgan fingerprint density at radius 3 is 2.00 bits per heavy atom.